The quantitative estimate of drug-likeness (QED) is 0.446. The van der Waals surface area contributed by atoms with Crippen LogP contribution in [0.3, 0.4) is 0 Å². The Hall–Kier alpha value is -3.69. The summed E-state index contributed by atoms with van der Waals surface area (Å²) >= 11 is 6.21. The SMILES string of the molecule is [C-]#[N+]c1ccc2c(-c3cccnc3)nnc(NCc3ccc(OC)c(Cl)c3)c2c1. The van der Waals surface area contributed by atoms with E-state index >= 15 is 0 Å². The number of fused-ring (bicyclic) bond motifs is 1. The Bertz CT molecular complexity index is 1220. The topological polar surface area (TPSA) is 64.3 Å². The van der Waals surface area contributed by atoms with Gasteiger partial charge in [-0.1, -0.05) is 29.8 Å². The molecule has 0 aliphatic rings. The Kier molecular flexibility index (Phi) is 5.23. The Morgan fingerprint density at radius 1 is 1.10 bits per heavy atom. The third-order valence-electron chi connectivity index (χ3n) is 4.50. The van der Waals surface area contributed by atoms with Crippen molar-refractivity contribution in [3.8, 4) is 17.0 Å². The van der Waals surface area contributed by atoms with Gasteiger partial charge in [0.05, 0.1) is 18.7 Å². The first kappa shape index (κ1) is 18.7. The molecule has 0 atom stereocenters. The summed E-state index contributed by atoms with van der Waals surface area (Å²) in [6, 6.07) is 14.9. The molecular formula is C22H16ClN5O. The van der Waals surface area contributed by atoms with Crippen molar-refractivity contribution in [2.75, 3.05) is 12.4 Å². The number of anilines is 1. The lowest BCUT2D eigenvalue weighted by Gasteiger charge is -2.12. The van der Waals surface area contributed by atoms with E-state index in [1.54, 1.807) is 25.6 Å². The summed E-state index contributed by atoms with van der Waals surface area (Å²) in [5.41, 5.74) is 3.11. The van der Waals surface area contributed by atoms with Gasteiger partial charge in [0.1, 0.15) is 11.4 Å². The Morgan fingerprint density at radius 3 is 2.72 bits per heavy atom. The number of rotatable bonds is 5. The van der Waals surface area contributed by atoms with Crippen molar-refractivity contribution in [1.29, 1.82) is 0 Å². The van der Waals surface area contributed by atoms with Crippen LogP contribution in [0.2, 0.25) is 5.02 Å². The molecule has 0 aliphatic carbocycles. The van der Waals surface area contributed by atoms with E-state index < -0.39 is 0 Å². The molecule has 0 aliphatic heterocycles. The van der Waals surface area contributed by atoms with E-state index in [1.807, 2.05) is 42.5 Å². The zero-order valence-electron chi connectivity index (χ0n) is 15.6. The maximum atomic E-state index is 7.34. The molecule has 6 nitrogen and oxygen atoms in total. The van der Waals surface area contributed by atoms with Gasteiger partial charge in [-0.2, -0.15) is 0 Å². The smallest absolute Gasteiger partial charge is 0.188 e. The number of aromatic nitrogens is 3. The molecule has 0 fully saturated rings. The van der Waals surface area contributed by atoms with Crippen LogP contribution < -0.4 is 10.1 Å². The number of pyridine rings is 1. The van der Waals surface area contributed by atoms with E-state index in [1.165, 1.54) is 0 Å². The molecule has 0 saturated heterocycles. The highest BCUT2D eigenvalue weighted by molar-refractivity contribution is 6.32. The molecule has 29 heavy (non-hydrogen) atoms. The van der Waals surface area contributed by atoms with Gasteiger partial charge in [0.25, 0.3) is 0 Å². The molecule has 4 aromatic rings. The first-order valence-electron chi connectivity index (χ1n) is 8.84. The molecule has 0 amide bonds. The van der Waals surface area contributed by atoms with E-state index in [9.17, 15) is 0 Å². The highest BCUT2D eigenvalue weighted by Crippen LogP contribution is 2.33. The number of ether oxygens (including phenoxy) is 1. The van der Waals surface area contributed by atoms with E-state index in [2.05, 4.69) is 25.3 Å². The van der Waals surface area contributed by atoms with Gasteiger partial charge in [0.2, 0.25) is 0 Å². The van der Waals surface area contributed by atoms with Crippen LogP contribution in [0, 0.1) is 6.57 Å². The number of methoxy groups -OCH3 is 1. The van der Waals surface area contributed by atoms with Gasteiger partial charge in [-0.15, -0.1) is 10.2 Å². The third-order valence-corrected chi connectivity index (χ3v) is 4.80. The second-order valence-corrected chi connectivity index (χ2v) is 6.71. The molecule has 0 bridgehead atoms. The molecule has 2 heterocycles. The van der Waals surface area contributed by atoms with E-state index in [0.717, 1.165) is 27.6 Å². The lowest BCUT2D eigenvalue weighted by molar-refractivity contribution is 0.415. The van der Waals surface area contributed by atoms with Crippen LogP contribution in [0.4, 0.5) is 11.5 Å². The van der Waals surface area contributed by atoms with Crippen molar-refractivity contribution in [3.05, 3.63) is 82.9 Å². The first-order chi connectivity index (χ1) is 14.2. The zero-order chi connectivity index (χ0) is 20.2. The summed E-state index contributed by atoms with van der Waals surface area (Å²) in [6.07, 6.45) is 3.46. The van der Waals surface area contributed by atoms with Crippen LogP contribution >= 0.6 is 11.6 Å². The molecule has 2 aromatic heterocycles. The Balaban J connectivity index is 1.73. The Morgan fingerprint density at radius 2 is 2.00 bits per heavy atom. The summed E-state index contributed by atoms with van der Waals surface area (Å²) in [5, 5.41) is 14.4. The second kappa shape index (κ2) is 8.13. The average Bonchev–Trinajstić information content (AvgIpc) is 2.77. The lowest BCUT2D eigenvalue weighted by Crippen LogP contribution is -2.04. The van der Waals surface area contributed by atoms with Gasteiger partial charge < -0.3 is 10.1 Å². The van der Waals surface area contributed by atoms with E-state index in [0.29, 0.717) is 28.8 Å². The molecule has 1 N–H and O–H groups in total. The molecule has 4 rings (SSSR count). The van der Waals surface area contributed by atoms with E-state index in [4.69, 9.17) is 22.9 Å². The summed E-state index contributed by atoms with van der Waals surface area (Å²) in [5.74, 6) is 1.23. The van der Waals surface area contributed by atoms with Crippen molar-refractivity contribution in [2.24, 2.45) is 0 Å². The normalized spacial score (nSPS) is 10.5. The van der Waals surface area contributed by atoms with Crippen LogP contribution in [0.1, 0.15) is 5.56 Å². The number of hydrogen-bond acceptors (Lipinski definition) is 5. The van der Waals surface area contributed by atoms with Gasteiger partial charge >= 0.3 is 0 Å². The van der Waals surface area contributed by atoms with Gasteiger partial charge in [-0.3, -0.25) is 4.98 Å². The van der Waals surface area contributed by atoms with Crippen molar-refractivity contribution < 1.29 is 4.74 Å². The number of benzene rings is 2. The molecular weight excluding hydrogens is 386 g/mol. The van der Waals surface area contributed by atoms with Crippen molar-refractivity contribution in [2.45, 2.75) is 6.54 Å². The minimum Gasteiger partial charge on any atom is -0.495 e. The number of nitrogens with one attached hydrogen (secondary N) is 1. The largest absolute Gasteiger partial charge is 0.495 e. The number of nitrogens with zero attached hydrogens (tertiary/aromatic N) is 4. The van der Waals surface area contributed by atoms with Crippen LogP contribution in [-0.2, 0) is 6.54 Å². The summed E-state index contributed by atoms with van der Waals surface area (Å²) in [4.78, 5) is 7.71. The number of halogens is 1. The average molecular weight is 402 g/mol. The van der Waals surface area contributed by atoms with Gasteiger partial charge in [-0.05, 0) is 35.9 Å². The predicted molar refractivity (Wildman–Crippen MR) is 114 cm³/mol. The molecule has 142 valence electrons. The van der Waals surface area contributed by atoms with Crippen molar-refractivity contribution >= 4 is 33.9 Å². The predicted octanol–water partition coefficient (Wildman–Crippen LogP) is 5.52. The molecule has 0 radical (unpaired) electrons. The maximum Gasteiger partial charge on any atom is 0.188 e. The molecule has 0 saturated carbocycles. The highest BCUT2D eigenvalue weighted by Gasteiger charge is 2.12. The first-order valence-corrected chi connectivity index (χ1v) is 9.22. The fraction of sp³-hybridized carbons (Fsp3) is 0.0909. The summed E-state index contributed by atoms with van der Waals surface area (Å²) in [6.45, 7) is 7.84. The minimum absolute atomic E-state index is 0.502. The summed E-state index contributed by atoms with van der Waals surface area (Å²) in [7, 11) is 1.58. The molecule has 0 spiro atoms. The van der Waals surface area contributed by atoms with Gasteiger partial charge in [0, 0.05) is 35.3 Å². The van der Waals surface area contributed by atoms with Crippen LogP contribution in [-0.4, -0.2) is 22.3 Å². The standard InChI is InChI=1S/C22H16ClN5O/c1-24-16-6-7-17-18(11-16)22(28-27-21(17)15-4-3-9-25-13-15)26-12-14-5-8-20(29-2)19(23)10-14/h3-11,13H,12H2,2H3,(H,26,28). The monoisotopic (exact) mass is 401 g/mol. The Labute approximate surface area is 173 Å². The second-order valence-electron chi connectivity index (χ2n) is 6.30. The minimum atomic E-state index is 0.502. The zero-order valence-corrected chi connectivity index (χ0v) is 16.3. The van der Waals surface area contributed by atoms with Crippen LogP contribution in [0.15, 0.2) is 60.9 Å². The van der Waals surface area contributed by atoms with Crippen LogP contribution in [0.25, 0.3) is 26.9 Å². The molecule has 2 aromatic carbocycles. The fourth-order valence-corrected chi connectivity index (χ4v) is 3.34. The van der Waals surface area contributed by atoms with Crippen LogP contribution in [0.5, 0.6) is 5.75 Å². The summed E-state index contributed by atoms with van der Waals surface area (Å²) < 4.78 is 5.19. The fourth-order valence-electron chi connectivity index (χ4n) is 3.06. The van der Waals surface area contributed by atoms with Crippen molar-refractivity contribution in [1.82, 2.24) is 15.2 Å². The maximum absolute atomic E-state index is 7.34. The molecule has 7 heteroatoms. The number of hydrogen-bond donors (Lipinski definition) is 1. The molecule has 0 unspecified atom stereocenters. The lowest BCUT2D eigenvalue weighted by atomic mass is 10.1. The van der Waals surface area contributed by atoms with Gasteiger partial charge in [0.15, 0.2) is 11.5 Å². The van der Waals surface area contributed by atoms with Crippen molar-refractivity contribution in [3.63, 3.8) is 0 Å². The van der Waals surface area contributed by atoms with E-state index in [-0.39, 0.29) is 0 Å². The highest BCUT2D eigenvalue weighted by atomic mass is 35.5. The van der Waals surface area contributed by atoms with Gasteiger partial charge in [-0.25, -0.2) is 4.85 Å². The third kappa shape index (κ3) is 3.82.